The molecule has 0 atom stereocenters. The zero-order valence-electron chi connectivity index (χ0n) is 6.99. The highest BCUT2D eigenvalue weighted by Crippen LogP contribution is 2.26. The third kappa shape index (κ3) is 2.26. The van der Waals surface area contributed by atoms with Gasteiger partial charge in [-0.2, -0.15) is 0 Å². The summed E-state index contributed by atoms with van der Waals surface area (Å²) >= 11 is 3.23. The summed E-state index contributed by atoms with van der Waals surface area (Å²) in [5.74, 6) is 0. The van der Waals surface area contributed by atoms with E-state index in [9.17, 15) is 10.1 Å². The number of hydrogen-bond acceptors (Lipinski definition) is 3. The molecule has 13 heavy (non-hydrogen) atoms. The molecule has 1 aromatic rings. The molecule has 0 radical (unpaired) electrons. The van der Waals surface area contributed by atoms with Crippen LogP contribution >= 0.6 is 15.9 Å². The van der Waals surface area contributed by atoms with Crippen molar-refractivity contribution in [2.75, 3.05) is 7.11 Å². The second-order valence-corrected chi connectivity index (χ2v) is 3.28. The van der Waals surface area contributed by atoms with Gasteiger partial charge in [-0.25, -0.2) is 0 Å². The summed E-state index contributed by atoms with van der Waals surface area (Å²) in [6.07, 6.45) is 0. The lowest BCUT2D eigenvalue weighted by Gasteiger charge is -2.03. The van der Waals surface area contributed by atoms with Gasteiger partial charge in [-0.3, -0.25) is 10.1 Å². The van der Waals surface area contributed by atoms with Crippen LogP contribution in [-0.4, -0.2) is 12.0 Å². The van der Waals surface area contributed by atoms with Gasteiger partial charge < -0.3 is 4.74 Å². The van der Waals surface area contributed by atoms with E-state index in [1.807, 2.05) is 0 Å². The fourth-order valence-electron chi connectivity index (χ4n) is 1.01. The fourth-order valence-corrected chi connectivity index (χ4v) is 1.48. The molecule has 0 heterocycles. The molecule has 5 heteroatoms. The molecule has 0 aliphatic rings. The number of hydrogen-bond donors (Lipinski definition) is 0. The first-order chi connectivity index (χ1) is 6.16. The summed E-state index contributed by atoms with van der Waals surface area (Å²) in [6.45, 7) is 0.234. The highest BCUT2D eigenvalue weighted by atomic mass is 79.9. The van der Waals surface area contributed by atoms with E-state index in [1.54, 1.807) is 12.1 Å². The van der Waals surface area contributed by atoms with Crippen molar-refractivity contribution in [3.63, 3.8) is 0 Å². The first-order valence-electron chi connectivity index (χ1n) is 3.57. The summed E-state index contributed by atoms with van der Waals surface area (Å²) < 4.78 is 5.56. The van der Waals surface area contributed by atoms with E-state index < -0.39 is 4.92 Å². The first-order valence-corrected chi connectivity index (χ1v) is 4.37. The molecule has 0 bridgehead atoms. The fraction of sp³-hybridized carbons (Fsp3) is 0.250. The van der Waals surface area contributed by atoms with Crippen molar-refractivity contribution in [2.45, 2.75) is 6.61 Å². The average Bonchev–Trinajstić information content (AvgIpc) is 2.08. The Morgan fingerprint density at radius 2 is 2.31 bits per heavy atom. The normalized spacial score (nSPS) is 10.0. The number of rotatable bonds is 3. The Morgan fingerprint density at radius 3 is 2.85 bits per heavy atom. The number of nitrogens with zero attached hydrogens (tertiary/aromatic N) is 1. The van der Waals surface area contributed by atoms with Crippen molar-refractivity contribution in [3.8, 4) is 0 Å². The second-order valence-electron chi connectivity index (χ2n) is 2.43. The molecule has 0 fully saturated rings. The highest BCUT2D eigenvalue weighted by molar-refractivity contribution is 9.10. The maximum Gasteiger partial charge on any atom is 0.276 e. The van der Waals surface area contributed by atoms with Crippen LogP contribution in [0.15, 0.2) is 22.7 Å². The van der Waals surface area contributed by atoms with Gasteiger partial charge in [-0.1, -0.05) is 22.0 Å². The van der Waals surface area contributed by atoms with Crippen LogP contribution in [0.4, 0.5) is 5.69 Å². The molecular formula is C8H8BrNO3. The zero-order valence-corrected chi connectivity index (χ0v) is 8.58. The minimum Gasteiger partial charge on any atom is -0.380 e. The Kier molecular flexibility index (Phi) is 3.39. The van der Waals surface area contributed by atoms with Gasteiger partial charge in [0.15, 0.2) is 0 Å². The van der Waals surface area contributed by atoms with Crippen molar-refractivity contribution in [3.05, 3.63) is 38.3 Å². The predicted molar refractivity (Wildman–Crippen MR) is 51.5 cm³/mol. The molecule has 0 saturated carbocycles. The number of ether oxygens (including phenoxy) is 1. The molecule has 0 spiro atoms. The van der Waals surface area contributed by atoms with Gasteiger partial charge in [0.25, 0.3) is 5.69 Å². The highest BCUT2D eigenvalue weighted by Gasteiger charge is 2.15. The summed E-state index contributed by atoms with van der Waals surface area (Å²) in [5.41, 5.74) is 0.645. The zero-order chi connectivity index (χ0) is 9.84. The van der Waals surface area contributed by atoms with E-state index in [1.165, 1.54) is 13.2 Å². The van der Waals surface area contributed by atoms with Crippen molar-refractivity contribution >= 4 is 21.6 Å². The van der Waals surface area contributed by atoms with Crippen molar-refractivity contribution < 1.29 is 9.66 Å². The van der Waals surface area contributed by atoms with Gasteiger partial charge >= 0.3 is 0 Å². The molecule has 0 unspecified atom stereocenters. The molecule has 0 saturated heterocycles. The van der Waals surface area contributed by atoms with Crippen LogP contribution in [0.25, 0.3) is 0 Å². The molecular weight excluding hydrogens is 238 g/mol. The number of halogens is 1. The van der Waals surface area contributed by atoms with Crippen LogP contribution in [0.2, 0.25) is 0 Å². The minimum absolute atomic E-state index is 0.0798. The molecule has 0 aliphatic carbocycles. The van der Waals surface area contributed by atoms with Gasteiger partial charge in [-0.05, 0) is 6.07 Å². The van der Waals surface area contributed by atoms with Crippen molar-refractivity contribution in [1.29, 1.82) is 0 Å². The molecule has 1 aromatic carbocycles. The molecule has 0 amide bonds. The van der Waals surface area contributed by atoms with E-state index >= 15 is 0 Å². The summed E-state index contributed by atoms with van der Waals surface area (Å²) in [7, 11) is 1.50. The van der Waals surface area contributed by atoms with E-state index in [-0.39, 0.29) is 12.3 Å². The summed E-state index contributed by atoms with van der Waals surface area (Å²) in [5, 5.41) is 10.6. The van der Waals surface area contributed by atoms with Crippen LogP contribution in [0.1, 0.15) is 5.56 Å². The van der Waals surface area contributed by atoms with E-state index in [0.29, 0.717) is 10.0 Å². The standard InChI is InChI=1S/C8H8BrNO3/c1-13-5-6-7(9)3-2-4-8(6)10(11)12/h2-4H,5H2,1H3. The maximum atomic E-state index is 10.6. The predicted octanol–water partition coefficient (Wildman–Crippen LogP) is 2.50. The van der Waals surface area contributed by atoms with E-state index in [2.05, 4.69) is 15.9 Å². The Morgan fingerprint density at radius 1 is 1.62 bits per heavy atom. The van der Waals surface area contributed by atoms with Gasteiger partial charge in [-0.15, -0.1) is 0 Å². The molecule has 1 rings (SSSR count). The maximum absolute atomic E-state index is 10.6. The Labute approximate surface area is 83.8 Å². The molecule has 70 valence electrons. The summed E-state index contributed by atoms with van der Waals surface area (Å²) in [6, 6.07) is 4.84. The SMILES string of the molecule is COCc1c(Br)cccc1[N+](=O)[O-]. The van der Waals surface area contributed by atoms with Gasteiger partial charge in [0.2, 0.25) is 0 Å². The van der Waals surface area contributed by atoms with Crippen LogP contribution in [0, 0.1) is 10.1 Å². The minimum atomic E-state index is -0.418. The van der Waals surface area contributed by atoms with Crippen LogP contribution in [0.5, 0.6) is 0 Å². The quantitative estimate of drug-likeness (QED) is 0.608. The third-order valence-corrected chi connectivity index (χ3v) is 2.32. The Hall–Kier alpha value is -0.940. The topological polar surface area (TPSA) is 52.4 Å². The molecule has 0 N–H and O–H groups in total. The van der Waals surface area contributed by atoms with Crippen molar-refractivity contribution in [2.24, 2.45) is 0 Å². The lowest BCUT2D eigenvalue weighted by molar-refractivity contribution is -0.386. The Bertz CT molecular complexity index is 327. The lowest BCUT2D eigenvalue weighted by atomic mass is 10.2. The van der Waals surface area contributed by atoms with Crippen molar-refractivity contribution in [1.82, 2.24) is 0 Å². The number of nitro benzene ring substituents is 1. The lowest BCUT2D eigenvalue weighted by Crippen LogP contribution is -1.97. The molecule has 4 nitrogen and oxygen atoms in total. The second kappa shape index (κ2) is 4.34. The van der Waals surface area contributed by atoms with Crippen LogP contribution < -0.4 is 0 Å². The van der Waals surface area contributed by atoms with E-state index in [0.717, 1.165) is 0 Å². The van der Waals surface area contributed by atoms with Gasteiger partial charge in [0.05, 0.1) is 17.1 Å². The molecule has 0 aliphatic heterocycles. The van der Waals surface area contributed by atoms with Crippen LogP contribution in [-0.2, 0) is 11.3 Å². The van der Waals surface area contributed by atoms with Crippen LogP contribution in [0.3, 0.4) is 0 Å². The third-order valence-electron chi connectivity index (χ3n) is 1.58. The molecule has 0 aromatic heterocycles. The smallest absolute Gasteiger partial charge is 0.276 e. The Balaban J connectivity index is 3.17. The van der Waals surface area contributed by atoms with Gasteiger partial charge in [0, 0.05) is 17.6 Å². The number of methoxy groups -OCH3 is 1. The first kappa shape index (κ1) is 10.1. The van der Waals surface area contributed by atoms with E-state index in [4.69, 9.17) is 4.74 Å². The number of benzene rings is 1. The van der Waals surface area contributed by atoms with Gasteiger partial charge in [0.1, 0.15) is 0 Å². The summed E-state index contributed by atoms with van der Waals surface area (Å²) in [4.78, 5) is 10.2. The monoisotopic (exact) mass is 245 g/mol. The number of nitro groups is 1. The average molecular weight is 246 g/mol. The largest absolute Gasteiger partial charge is 0.380 e.